The lowest BCUT2D eigenvalue weighted by atomic mass is 9.97. The Morgan fingerprint density at radius 1 is 1.31 bits per heavy atom. The fourth-order valence-corrected chi connectivity index (χ4v) is 2.47. The topological polar surface area (TPSA) is 36.1 Å². The first-order valence-electron chi connectivity index (χ1n) is 5.54. The lowest BCUT2D eigenvalue weighted by Gasteiger charge is -2.32. The van der Waals surface area contributed by atoms with Crippen LogP contribution in [0.25, 0.3) is 0 Å². The maximum Gasteiger partial charge on any atom is 0.166 e. The molecule has 16 heavy (non-hydrogen) atoms. The van der Waals surface area contributed by atoms with E-state index in [-0.39, 0.29) is 0 Å². The van der Waals surface area contributed by atoms with Crippen molar-refractivity contribution >= 4 is 23.0 Å². The van der Waals surface area contributed by atoms with Crippen LogP contribution in [0.2, 0.25) is 0 Å². The van der Waals surface area contributed by atoms with Gasteiger partial charge in [-0.15, -0.1) is 0 Å². The highest BCUT2D eigenvalue weighted by atomic mass is 32.1. The van der Waals surface area contributed by atoms with Crippen molar-refractivity contribution < 1.29 is 0 Å². The first kappa shape index (κ1) is 11.2. The number of benzene rings is 1. The minimum Gasteiger partial charge on any atom is -0.388 e. The van der Waals surface area contributed by atoms with Gasteiger partial charge in [0, 0.05) is 18.8 Å². The highest BCUT2D eigenvalue weighted by Gasteiger charge is 2.23. The summed E-state index contributed by atoms with van der Waals surface area (Å²) < 4.78 is 0. The van der Waals surface area contributed by atoms with Gasteiger partial charge >= 0.3 is 0 Å². The number of nitrogens with one attached hydrogen (secondary N) is 3. The Kier molecular flexibility index (Phi) is 3.29. The van der Waals surface area contributed by atoms with E-state index in [2.05, 4.69) is 41.1 Å². The van der Waals surface area contributed by atoms with Crippen LogP contribution >= 0.6 is 12.2 Å². The van der Waals surface area contributed by atoms with Gasteiger partial charge in [0.05, 0.1) is 6.04 Å². The van der Waals surface area contributed by atoms with E-state index in [0.717, 1.165) is 17.2 Å². The smallest absolute Gasteiger partial charge is 0.166 e. The van der Waals surface area contributed by atoms with Crippen molar-refractivity contribution in [2.24, 2.45) is 0 Å². The molecule has 3 nitrogen and oxygen atoms in total. The van der Waals surface area contributed by atoms with E-state index in [1.807, 2.05) is 13.1 Å². The van der Waals surface area contributed by atoms with E-state index < -0.39 is 0 Å². The van der Waals surface area contributed by atoms with Crippen molar-refractivity contribution in [3.63, 3.8) is 0 Å². The molecule has 0 spiro atoms. The number of hydrogen-bond acceptors (Lipinski definition) is 2. The second-order valence-corrected chi connectivity index (χ2v) is 4.55. The Balaban J connectivity index is 2.25. The fourth-order valence-electron chi connectivity index (χ4n) is 2.13. The molecule has 1 aliphatic rings. The minimum absolute atomic E-state index is 0.299. The zero-order valence-electron chi connectivity index (χ0n) is 9.58. The van der Waals surface area contributed by atoms with Gasteiger partial charge in [0.1, 0.15) is 0 Å². The Hall–Kier alpha value is -1.29. The third-order valence-electron chi connectivity index (χ3n) is 2.88. The summed E-state index contributed by atoms with van der Waals surface area (Å²) in [4.78, 5) is 0. The molecule has 0 bridgehead atoms. The molecular formula is C12H17N3S. The van der Waals surface area contributed by atoms with Gasteiger partial charge in [-0.05, 0) is 37.2 Å². The van der Waals surface area contributed by atoms with Crippen LogP contribution in [0.1, 0.15) is 24.9 Å². The maximum atomic E-state index is 5.20. The van der Waals surface area contributed by atoms with E-state index >= 15 is 0 Å². The predicted octanol–water partition coefficient (Wildman–Crippen LogP) is 2.03. The molecule has 3 N–H and O–H groups in total. The Morgan fingerprint density at radius 2 is 2.06 bits per heavy atom. The molecule has 2 atom stereocenters. The Morgan fingerprint density at radius 3 is 2.75 bits per heavy atom. The lowest BCUT2D eigenvalue weighted by Crippen LogP contribution is -2.49. The molecule has 0 radical (unpaired) electrons. The van der Waals surface area contributed by atoms with Gasteiger partial charge in [0.2, 0.25) is 0 Å². The Bertz CT molecular complexity index is 392. The van der Waals surface area contributed by atoms with Crippen LogP contribution in [-0.2, 0) is 0 Å². The standard InChI is InChI=1S/C12H17N3S/c1-8-7-11(15-12(16)14-8)9-5-3-4-6-10(9)13-2/h3-6,8,11,13H,7H2,1-2H3,(H2,14,15,16)/t8-,11+/m0/s1. The molecular weight excluding hydrogens is 218 g/mol. The molecule has 0 amide bonds. The molecule has 1 heterocycles. The number of para-hydroxylation sites is 1. The van der Waals surface area contributed by atoms with Crippen LogP contribution in [0.3, 0.4) is 0 Å². The minimum atomic E-state index is 0.299. The lowest BCUT2D eigenvalue weighted by molar-refractivity contribution is 0.456. The van der Waals surface area contributed by atoms with E-state index in [1.165, 1.54) is 5.56 Å². The van der Waals surface area contributed by atoms with Crippen LogP contribution < -0.4 is 16.0 Å². The number of rotatable bonds is 2. The largest absolute Gasteiger partial charge is 0.388 e. The van der Waals surface area contributed by atoms with Gasteiger partial charge in [-0.1, -0.05) is 18.2 Å². The summed E-state index contributed by atoms with van der Waals surface area (Å²) in [6.45, 7) is 2.15. The molecule has 0 aliphatic carbocycles. The molecule has 4 heteroatoms. The van der Waals surface area contributed by atoms with Gasteiger partial charge < -0.3 is 16.0 Å². The third kappa shape index (κ3) is 2.27. The van der Waals surface area contributed by atoms with Crippen molar-refractivity contribution in [2.75, 3.05) is 12.4 Å². The molecule has 1 fully saturated rings. The predicted molar refractivity (Wildman–Crippen MR) is 71.7 cm³/mol. The zero-order chi connectivity index (χ0) is 11.5. The number of anilines is 1. The van der Waals surface area contributed by atoms with Gasteiger partial charge in [-0.3, -0.25) is 0 Å². The van der Waals surface area contributed by atoms with E-state index in [0.29, 0.717) is 12.1 Å². The van der Waals surface area contributed by atoms with Crippen LogP contribution in [-0.4, -0.2) is 18.2 Å². The summed E-state index contributed by atoms with van der Waals surface area (Å²) in [6, 6.07) is 9.05. The van der Waals surface area contributed by atoms with Crippen molar-refractivity contribution in [3.8, 4) is 0 Å². The fraction of sp³-hybridized carbons (Fsp3) is 0.417. The van der Waals surface area contributed by atoms with Gasteiger partial charge in [0.25, 0.3) is 0 Å². The molecule has 86 valence electrons. The zero-order valence-corrected chi connectivity index (χ0v) is 10.4. The Labute approximate surface area is 102 Å². The molecule has 1 aromatic carbocycles. The molecule has 2 rings (SSSR count). The molecule has 1 aromatic rings. The average molecular weight is 235 g/mol. The number of thiocarbonyl (C=S) groups is 1. The van der Waals surface area contributed by atoms with Crippen LogP contribution in [0, 0.1) is 0 Å². The van der Waals surface area contributed by atoms with E-state index in [1.54, 1.807) is 0 Å². The molecule has 0 unspecified atom stereocenters. The number of hydrogen-bond donors (Lipinski definition) is 3. The summed E-state index contributed by atoms with van der Waals surface area (Å²) in [6.07, 6.45) is 1.04. The van der Waals surface area contributed by atoms with Crippen molar-refractivity contribution in [2.45, 2.75) is 25.4 Å². The molecule has 1 saturated heterocycles. The molecule has 0 saturated carbocycles. The summed E-state index contributed by atoms with van der Waals surface area (Å²) in [7, 11) is 1.95. The summed E-state index contributed by atoms with van der Waals surface area (Å²) in [5, 5.41) is 10.5. The van der Waals surface area contributed by atoms with Crippen LogP contribution in [0.4, 0.5) is 5.69 Å². The van der Waals surface area contributed by atoms with Gasteiger partial charge in [-0.25, -0.2) is 0 Å². The quantitative estimate of drug-likeness (QED) is 0.686. The average Bonchev–Trinajstić information content (AvgIpc) is 2.27. The second-order valence-electron chi connectivity index (χ2n) is 4.14. The monoisotopic (exact) mass is 235 g/mol. The van der Waals surface area contributed by atoms with E-state index in [4.69, 9.17) is 12.2 Å². The summed E-state index contributed by atoms with van der Waals surface area (Å²) >= 11 is 5.20. The molecule has 1 aliphatic heterocycles. The maximum absolute atomic E-state index is 5.20. The van der Waals surface area contributed by atoms with Crippen molar-refractivity contribution in [3.05, 3.63) is 29.8 Å². The van der Waals surface area contributed by atoms with Gasteiger partial charge in [-0.2, -0.15) is 0 Å². The van der Waals surface area contributed by atoms with Crippen LogP contribution in [0.5, 0.6) is 0 Å². The highest BCUT2D eigenvalue weighted by molar-refractivity contribution is 7.80. The first-order chi connectivity index (χ1) is 7.70. The summed E-state index contributed by atoms with van der Waals surface area (Å²) in [5.74, 6) is 0. The molecule has 0 aromatic heterocycles. The SMILES string of the molecule is CNc1ccccc1[C@H]1C[C@H](C)NC(=S)N1. The highest BCUT2D eigenvalue weighted by Crippen LogP contribution is 2.27. The van der Waals surface area contributed by atoms with Gasteiger partial charge in [0.15, 0.2) is 5.11 Å². The van der Waals surface area contributed by atoms with E-state index in [9.17, 15) is 0 Å². The van der Waals surface area contributed by atoms with Crippen molar-refractivity contribution in [1.82, 2.24) is 10.6 Å². The first-order valence-corrected chi connectivity index (χ1v) is 5.95. The normalized spacial score (nSPS) is 24.5. The third-order valence-corrected chi connectivity index (χ3v) is 3.11. The van der Waals surface area contributed by atoms with Crippen molar-refractivity contribution in [1.29, 1.82) is 0 Å². The van der Waals surface area contributed by atoms with Crippen LogP contribution in [0.15, 0.2) is 24.3 Å². The summed E-state index contributed by atoms with van der Waals surface area (Å²) in [5.41, 5.74) is 2.44. The second kappa shape index (κ2) is 4.70.